The Hall–Kier alpha value is -3.13. The van der Waals surface area contributed by atoms with Crippen LogP contribution in [0.2, 0.25) is 0 Å². The Labute approximate surface area is 162 Å². The van der Waals surface area contributed by atoms with Gasteiger partial charge in [-0.05, 0) is 41.5 Å². The minimum absolute atomic E-state index is 0.0202. The van der Waals surface area contributed by atoms with Crippen molar-refractivity contribution in [3.8, 4) is 16.2 Å². The van der Waals surface area contributed by atoms with Crippen molar-refractivity contribution in [2.45, 2.75) is 13.0 Å². The molecule has 3 rings (SSSR count). The quantitative estimate of drug-likeness (QED) is 0.402. The number of ether oxygens (including phenoxy) is 2. The van der Waals surface area contributed by atoms with Crippen molar-refractivity contribution in [2.75, 3.05) is 0 Å². The lowest BCUT2D eigenvalue weighted by Gasteiger charge is -2.12. The first-order chi connectivity index (χ1) is 13.3. The summed E-state index contributed by atoms with van der Waals surface area (Å²) in [5, 5.41) is 0. The molecule has 0 spiro atoms. The van der Waals surface area contributed by atoms with Gasteiger partial charge in [0.25, 0.3) is 0 Å². The van der Waals surface area contributed by atoms with Gasteiger partial charge in [0.05, 0.1) is 10.4 Å². The Morgan fingerprint density at radius 3 is 2.43 bits per heavy atom. The number of aldehydes is 1. The first-order valence-electron chi connectivity index (χ1n) is 8.01. The van der Waals surface area contributed by atoms with Gasteiger partial charge < -0.3 is 9.47 Å². The molecule has 0 saturated heterocycles. The lowest BCUT2D eigenvalue weighted by molar-refractivity contribution is -0.274. The van der Waals surface area contributed by atoms with Gasteiger partial charge >= 0.3 is 12.3 Å². The number of hydrogen-bond acceptors (Lipinski definition) is 5. The van der Waals surface area contributed by atoms with Crippen molar-refractivity contribution in [3.63, 3.8) is 0 Å². The fourth-order valence-electron chi connectivity index (χ4n) is 2.43. The molecule has 0 radical (unpaired) electrons. The molecular weight excluding hydrogens is 393 g/mol. The number of alkyl halides is 3. The maximum atomic E-state index is 12.7. The Bertz CT molecular complexity index is 981. The summed E-state index contributed by atoms with van der Waals surface area (Å²) in [4.78, 5) is 24.2. The Kier molecular flexibility index (Phi) is 5.79. The van der Waals surface area contributed by atoms with E-state index in [9.17, 15) is 22.8 Å². The van der Waals surface area contributed by atoms with E-state index >= 15 is 0 Å². The van der Waals surface area contributed by atoms with Crippen LogP contribution in [0.4, 0.5) is 13.2 Å². The van der Waals surface area contributed by atoms with Gasteiger partial charge in [-0.2, -0.15) is 0 Å². The zero-order chi connectivity index (χ0) is 20.1. The van der Waals surface area contributed by atoms with Crippen molar-refractivity contribution in [2.24, 2.45) is 0 Å². The van der Waals surface area contributed by atoms with Crippen molar-refractivity contribution < 1.29 is 32.2 Å². The summed E-state index contributed by atoms with van der Waals surface area (Å²) >= 11 is 1.09. The average molecular weight is 406 g/mol. The molecule has 0 aliphatic heterocycles. The first-order valence-corrected chi connectivity index (χ1v) is 8.83. The van der Waals surface area contributed by atoms with Gasteiger partial charge in [0.15, 0.2) is 6.29 Å². The van der Waals surface area contributed by atoms with Gasteiger partial charge in [-0.3, -0.25) is 4.79 Å². The number of thiophene rings is 1. The lowest BCUT2D eigenvalue weighted by atomic mass is 10.1. The number of benzene rings is 2. The molecule has 0 saturated carbocycles. The highest BCUT2D eigenvalue weighted by Crippen LogP contribution is 2.33. The monoisotopic (exact) mass is 406 g/mol. The van der Waals surface area contributed by atoms with Gasteiger partial charge in [-0.1, -0.05) is 30.3 Å². The second-order valence-corrected chi connectivity index (χ2v) is 6.79. The molecule has 8 heteroatoms. The molecular formula is C20H13F3O4S. The Morgan fingerprint density at radius 2 is 1.79 bits per heavy atom. The molecule has 28 heavy (non-hydrogen) atoms. The molecule has 0 unspecified atom stereocenters. The second kappa shape index (κ2) is 8.26. The van der Waals surface area contributed by atoms with Gasteiger partial charge in [0.1, 0.15) is 12.4 Å². The first kappa shape index (κ1) is 19.6. The molecule has 0 bridgehead atoms. The van der Waals surface area contributed by atoms with Crippen LogP contribution in [0.15, 0.2) is 60.7 Å². The third-order valence-electron chi connectivity index (χ3n) is 3.62. The molecule has 0 atom stereocenters. The predicted octanol–water partition coefficient (Wildman–Crippen LogP) is 5.48. The van der Waals surface area contributed by atoms with Crippen LogP contribution in [0.25, 0.3) is 10.4 Å². The topological polar surface area (TPSA) is 52.6 Å². The summed E-state index contributed by atoms with van der Waals surface area (Å²) in [5.41, 5.74) is 0.966. The molecule has 0 aliphatic rings. The van der Waals surface area contributed by atoms with E-state index in [0.717, 1.165) is 29.0 Å². The maximum Gasteiger partial charge on any atom is 0.573 e. The highest BCUT2D eigenvalue weighted by molar-refractivity contribution is 7.17. The summed E-state index contributed by atoms with van der Waals surface area (Å²) in [6, 6.07) is 15.5. The van der Waals surface area contributed by atoms with Crippen LogP contribution >= 0.6 is 11.3 Å². The lowest BCUT2D eigenvalue weighted by Crippen LogP contribution is -2.17. The number of esters is 1. The molecule has 1 heterocycles. The summed E-state index contributed by atoms with van der Waals surface area (Å²) in [6.07, 6.45) is -4.27. The number of rotatable bonds is 6. The molecule has 0 fully saturated rings. The van der Waals surface area contributed by atoms with E-state index in [-0.39, 0.29) is 12.2 Å². The smallest absolute Gasteiger partial charge is 0.457 e. The molecule has 0 amide bonds. The van der Waals surface area contributed by atoms with Crippen LogP contribution in [-0.4, -0.2) is 18.6 Å². The van der Waals surface area contributed by atoms with Crippen molar-refractivity contribution in [3.05, 3.63) is 76.7 Å². The zero-order valence-corrected chi connectivity index (χ0v) is 15.0. The SMILES string of the molecule is O=Cc1ccc(-c2cc(OC(F)(F)F)cc(C(=O)OCc3ccccc3)c2)s1. The summed E-state index contributed by atoms with van der Waals surface area (Å²) < 4.78 is 47.1. The summed E-state index contributed by atoms with van der Waals surface area (Å²) in [6.45, 7) is -0.0202. The number of halogens is 3. The van der Waals surface area contributed by atoms with Gasteiger partial charge in [0, 0.05) is 4.88 Å². The number of hydrogen-bond donors (Lipinski definition) is 0. The molecule has 144 valence electrons. The summed E-state index contributed by atoms with van der Waals surface area (Å²) in [7, 11) is 0. The van der Waals surface area contributed by atoms with Crippen LogP contribution in [0.5, 0.6) is 5.75 Å². The Balaban J connectivity index is 1.89. The summed E-state index contributed by atoms with van der Waals surface area (Å²) in [5.74, 6) is -1.33. The van der Waals surface area contributed by atoms with E-state index < -0.39 is 18.1 Å². The number of carbonyl (C=O) groups is 2. The molecule has 0 N–H and O–H groups in total. The molecule has 2 aromatic carbocycles. The van der Waals surface area contributed by atoms with Gasteiger partial charge in [0.2, 0.25) is 0 Å². The molecule has 3 aromatic rings. The normalized spacial score (nSPS) is 11.1. The van der Waals surface area contributed by atoms with E-state index in [1.807, 2.05) is 6.07 Å². The molecule has 1 aromatic heterocycles. The average Bonchev–Trinajstić information content (AvgIpc) is 3.14. The van der Waals surface area contributed by atoms with Crippen LogP contribution in [0, 0.1) is 0 Å². The fourth-order valence-corrected chi connectivity index (χ4v) is 3.24. The largest absolute Gasteiger partial charge is 0.573 e. The van der Waals surface area contributed by atoms with Crippen LogP contribution < -0.4 is 4.74 Å². The second-order valence-electron chi connectivity index (χ2n) is 5.68. The van der Waals surface area contributed by atoms with Crippen molar-refractivity contribution in [1.29, 1.82) is 0 Å². The maximum absolute atomic E-state index is 12.7. The predicted molar refractivity (Wildman–Crippen MR) is 97.4 cm³/mol. The number of carbonyl (C=O) groups excluding carboxylic acids is 2. The molecule has 0 aliphatic carbocycles. The van der Waals surface area contributed by atoms with E-state index in [4.69, 9.17) is 4.74 Å². The third-order valence-corrected chi connectivity index (χ3v) is 4.68. The highest BCUT2D eigenvalue weighted by Gasteiger charge is 2.31. The van der Waals surface area contributed by atoms with E-state index in [1.165, 1.54) is 12.1 Å². The zero-order valence-electron chi connectivity index (χ0n) is 14.2. The minimum Gasteiger partial charge on any atom is -0.457 e. The highest BCUT2D eigenvalue weighted by atomic mass is 32.1. The van der Waals surface area contributed by atoms with Crippen LogP contribution in [-0.2, 0) is 11.3 Å². The van der Waals surface area contributed by atoms with E-state index in [2.05, 4.69) is 4.74 Å². The Morgan fingerprint density at radius 1 is 1.04 bits per heavy atom. The van der Waals surface area contributed by atoms with Crippen LogP contribution in [0.3, 0.4) is 0 Å². The van der Waals surface area contributed by atoms with E-state index in [0.29, 0.717) is 21.6 Å². The van der Waals surface area contributed by atoms with Gasteiger partial charge in [-0.25, -0.2) is 4.79 Å². The third kappa shape index (κ3) is 5.20. The van der Waals surface area contributed by atoms with Gasteiger partial charge in [-0.15, -0.1) is 24.5 Å². The van der Waals surface area contributed by atoms with E-state index in [1.54, 1.807) is 30.3 Å². The fraction of sp³-hybridized carbons (Fsp3) is 0.100. The molecule has 4 nitrogen and oxygen atoms in total. The standard InChI is InChI=1S/C20H13F3O4S/c21-20(22,23)27-16-9-14(18-7-6-17(11-24)28-18)8-15(10-16)19(25)26-12-13-4-2-1-3-5-13/h1-11H,12H2. The van der Waals surface area contributed by atoms with Crippen molar-refractivity contribution in [1.82, 2.24) is 0 Å². The van der Waals surface area contributed by atoms with Crippen molar-refractivity contribution >= 4 is 23.6 Å². The van der Waals surface area contributed by atoms with Crippen LogP contribution in [0.1, 0.15) is 25.6 Å². The minimum atomic E-state index is -4.91.